The van der Waals surface area contributed by atoms with Crippen LogP contribution in [0.4, 0.5) is 0 Å². The van der Waals surface area contributed by atoms with Crippen LogP contribution in [-0.2, 0) is 4.74 Å². The van der Waals surface area contributed by atoms with E-state index in [1.54, 1.807) is 0 Å². The monoisotopic (exact) mass is 187 g/mol. The fourth-order valence-electron chi connectivity index (χ4n) is 1.22. The van der Waals surface area contributed by atoms with Gasteiger partial charge in [-0.05, 0) is 18.9 Å². The highest BCUT2D eigenvalue weighted by Crippen LogP contribution is 2.16. The van der Waals surface area contributed by atoms with Gasteiger partial charge in [-0.2, -0.15) is 11.8 Å². The summed E-state index contributed by atoms with van der Waals surface area (Å²) in [5.74, 6) is 3.42. The molecule has 0 aromatic rings. The Bertz CT molecular complexity index is 159. The molecule has 0 saturated heterocycles. The molecule has 0 aliphatic carbocycles. The van der Waals surface area contributed by atoms with Crippen molar-refractivity contribution < 1.29 is 4.74 Å². The Hall–Kier alpha value is -0.150. The zero-order valence-electron chi connectivity index (χ0n) is 7.80. The summed E-state index contributed by atoms with van der Waals surface area (Å²) in [6, 6.07) is 0.414. The average molecular weight is 187 g/mol. The van der Waals surface area contributed by atoms with E-state index >= 15 is 0 Å². The van der Waals surface area contributed by atoms with Crippen LogP contribution in [0.15, 0.2) is 11.8 Å². The quantitative estimate of drug-likeness (QED) is 0.707. The smallest absolute Gasteiger partial charge is 0.110 e. The first kappa shape index (κ1) is 9.93. The van der Waals surface area contributed by atoms with Gasteiger partial charge in [-0.1, -0.05) is 6.92 Å². The molecular weight excluding hydrogens is 170 g/mol. The van der Waals surface area contributed by atoms with Gasteiger partial charge >= 0.3 is 0 Å². The minimum Gasteiger partial charge on any atom is -0.496 e. The zero-order chi connectivity index (χ0) is 8.81. The molecule has 1 heterocycles. The molecule has 0 spiro atoms. The summed E-state index contributed by atoms with van der Waals surface area (Å²) in [7, 11) is 1.99. The fourth-order valence-corrected chi connectivity index (χ4v) is 2.03. The molecule has 1 atom stereocenters. The molecule has 2 nitrogen and oxygen atoms in total. The van der Waals surface area contributed by atoms with Crippen molar-refractivity contribution in [1.29, 1.82) is 0 Å². The highest BCUT2D eigenvalue weighted by molar-refractivity contribution is 7.99. The molecule has 70 valence electrons. The van der Waals surface area contributed by atoms with E-state index in [1.165, 1.54) is 5.75 Å². The van der Waals surface area contributed by atoms with Crippen LogP contribution in [0.25, 0.3) is 0 Å². The number of hydrogen-bond donors (Lipinski definition) is 1. The third-order valence-electron chi connectivity index (χ3n) is 1.91. The summed E-state index contributed by atoms with van der Waals surface area (Å²) >= 11 is 1.94. The van der Waals surface area contributed by atoms with E-state index in [2.05, 4.69) is 18.3 Å². The molecule has 0 saturated carbocycles. The average Bonchev–Trinajstić information content (AvgIpc) is 2.59. The maximum Gasteiger partial charge on any atom is 0.110 e. The SMILES string of the molecule is CCSCC(NC)C1=CCCO1. The van der Waals surface area contributed by atoms with Crippen LogP contribution in [0.5, 0.6) is 0 Å². The fraction of sp³-hybridized carbons (Fsp3) is 0.778. The Morgan fingerprint density at radius 2 is 2.58 bits per heavy atom. The van der Waals surface area contributed by atoms with Crippen LogP contribution in [-0.4, -0.2) is 31.2 Å². The molecular formula is C9H17NOS. The lowest BCUT2D eigenvalue weighted by Gasteiger charge is -2.16. The van der Waals surface area contributed by atoms with Crippen LogP contribution in [0, 0.1) is 0 Å². The molecule has 1 aliphatic heterocycles. The molecule has 0 aromatic carbocycles. The molecule has 0 amide bonds. The van der Waals surface area contributed by atoms with Crippen molar-refractivity contribution in [2.75, 3.05) is 25.2 Å². The van der Waals surface area contributed by atoms with Gasteiger partial charge in [0.2, 0.25) is 0 Å². The first-order chi connectivity index (χ1) is 5.88. The summed E-state index contributed by atoms with van der Waals surface area (Å²) in [6.45, 7) is 3.05. The topological polar surface area (TPSA) is 21.3 Å². The van der Waals surface area contributed by atoms with Crippen molar-refractivity contribution in [3.05, 3.63) is 11.8 Å². The van der Waals surface area contributed by atoms with Crippen molar-refractivity contribution in [2.45, 2.75) is 19.4 Å². The van der Waals surface area contributed by atoms with Crippen LogP contribution in [0.2, 0.25) is 0 Å². The minimum atomic E-state index is 0.414. The van der Waals surface area contributed by atoms with Crippen LogP contribution < -0.4 is 5.32 Å². The second-order valence-electron chi connectivity index (χ2n) is 2.74. The van der Waals surface area contributed by atoms with Crippen molar-refractivity contribution in [2.24, 2.45) is 0 Å². The third kappa shape index (κ3) is 2.72. The molecule has 0 fully saturated rings. The standard InChI is InChI=1S/C9H17NOS/c1-3-12-7-8(10-2)9-5-4-6-11-9/h5,8,10H,3-4,6-7H2,1-2H3. The predicted octanol–water partition coefficient (Wildman–Crippen LogP) is 1.63. The Balaban J connectivity index is 2.33. The molecule has 12 heavy (non-hydrogen) atoms. The van der Waals surface area contributed by atoms with Gasteiger partial charge in [0.1, 0.15) is 5.76 Å². The van der Waals surface area contributed by atoms with E-state index < -0.39 is 0 Å². The van der Waals surface area contributed by atoms with E-state index in [1.807, 2.05) is 18.8 Å². The Labute approximate surface area is 78.7 Å². The maximum atomic E-state index is 5.49. The van der Waals surface area contributed by atoms with E-state index in [0.717, 1.165) is 24.5 Å². The second kappa shape index (κ2) is 5.49. The number of likely N-dealkylation sites (N-methyl/N-ethyl adjacent to an activating group) is 1. The summed E-state index contributed by atoms with van der Waals surface area (Å²) in [6.07, 6.45) is 3.27. The molecule has 1 aliphatic rings. The molecule has 0 bridgehead atoms. The molecule has 3 heteroatoms. The van der Waals surface area contributed by atoms with E-state index in [0.29, 0.717) is 6.04 Å². The number of nitrogens with one attached hydrogen (secondary N) is 1. The highest BCUT2D eigenvalue weighted by atomic mass is 32.2. The zero-order valence-corrected chi connectivity index (χ0v) is 8.62. The number of rotatable bonds is 5. The van der Waals surface area contributed by atoms with Crippen molar-refractivity contribution in [1.82, 2.24) is 5.32 Å². The Kier molecular flexibility index (Phi) is 4.54. The molecule has 1 unspecified atom stereocenters. The predicted molar refractivity (Wildman–Crippen MR) is 54.5 cm³/mol. The van der Waals surface area contributed by atoms with Crippen molar-refractivity contribution in [3.8, 4) is 0 Å². The molecule has 0 aromatic heterocycles. The molecule has 0 radical (unpaired) electrons. The minimum absolute atomic E-state index is 0.414. The van der Waals surface area contributed by atoms with Gasteiger partial charge < -0.3 is 10.1 Å². The van der Waals surface area contributed by atoms with Crippen LogP contribution in [0.3, 0.4) is 0 Å². The summed E-state index contributed by atoms with van der Waals surface area (Å²) in [4.78, 5) is 0. The first-order valence-electron chi connectivity index (χ1n) is 4.46. The van der Waals surface area contributed by atoms with Gasteiger partial charge in [0.25, 0.3) is 0 Å². The van der Waals surface area contributed by atoms with Crippen LogP contribution >= 0.6 is 11.8 Å². The third-order valence-corrected chi connectivity index (χ3v) is 2.89. The second-order valence-corrected chi connectivity index (χ2v) is 4.06. The lowest BCUT2D eigenvalue weighted by atomic mass is 10.2. The van der Waals surface area contributed by atoms with Gasteiger partial charge in [0.15, 0.2) is 0 Å². The first-order valence-corrected chi connectivity index (χ1v) is 5.61. The lowest BCUT2D eigenvalue weighted by Crippen LogP contribution is -2.30. The summed E-state index contributed by atoms with van der Waals surface area (Å²) < 4.78 is 5.49. The van der Waals surface area contributed by atoms with Crippen molar-refractivity contribution >= 4 is 11.8 Å². The van der Waals surface area contributed by atoms with E-state index in [-0.39, 0.29) is 0 Å². The number of hydrogen-bond acceptors (Lipinski definition) is 3. The maximum absolute atomic E-state index is 5.49. The highest BCUT2D eigenvalue weighted by Gasteiger charge is 2.16. The Morgan fingerprint density at radius 3 is 3.08 bits per heavy atom. The van der Waals surface area contributed by atoms with E-state index in [4.69, 9.17) is 4.74 Å². The lowest BCUT2D eigenvalue weighted by molar-refractivity contribution is 0.222. The van der Waals surface area contributed by atoms with Gasteiger partial charge in [0, 0.05) is 12.2 Å². The van der Waals surface area contributed by atoms with Gasteiger partial charge in [-0.15, -0.1) is 0 Å². The molecule has 1 rings (SSSR count). The van der Waals surface area contributed by atoms with Crippen LogP contribution in [0.1, 0.15) is 13.3 Å². The largest absolute Gasteiger partial charge is 0.496 e. The normalized spacial score (nSPS) is 18.7. The van der Waals surface area contributed by atoms with Gasteiger partial charge in [-0.25, -0.2) is 0 Å². The number of thioether (sulfide) groups is 1. The Morgan fingerprint density at radius 1 is 1.75 bits per heavy atom. The number of ether oxygens (including phenoxy) is 1. The van der Waals surface area contributed by atoms with Gasteiger partial charge in [-0.3, -0.25) is 0 Å². The molecule has 1 N–H and O–H groups in total. The van der Waals surface area contributed by atoms with Gasteiger partial charge in [0.05, 0.1) is 12.6 Å². The summed E-state index contributed by atoms with van der Waals surface area (Å²) in [5, 5.41) is 3.26. The summed E-state index contributed by atoms with van der Waals surface area (Å²) in [5.41, 5.74) is 0. The van der Waals surface area contributed by atoms with Crippen molar-refractivity contribution in [3.63, 3.8) is 0 Å². The van der Waals surface area contributed by atoms with E-state index in [9.17, 15) is 0 Å².